The first-order valence-electron chi connectivity index (χ1n) is 8.40. The van der Waals surface area contributed by atoms with Crippen molar-refractivity contribution >= 4 is 11.0 Å². The maximum atomic E-state index is 12.8. The Labute approximate surface area is 157 Å². The largest absolute Gasteiger partial charge is 0.497 e. The van der Waals surface area contributed by atoms with E-state index in [1.807, 2.05) is 24.3 Å². The van der Waals surface area contributed by atoms with Gasteiger partial charge in [-0.2, -0.15) is 0 Å². The molecule has 0 atom stereocenters. The predicted molar refractivity (Wildman–Crippen MR) is 106 cm³/mol. The molecule has 1 aromatic heterocycles. The summed E-state index contributed by atoms with van der Waals surface area (Å²) in [6.45, 7) is 7.87. The Morgan fingerprint density at radius 1 is 0.963 bits per heavy atom. The Morgan fingerprint density at radius 3 is 2.33 bits per heavy atom. The van der Waals surface area contributed by atoms with Gasteiger partial charge in [-0.15, -0.1) is 0 Å². The van der Waals surface area contributed by atoms with E-state index in [1.165, 1.54) is 6.07 Å². The molecule has 0 bridgehead atoms. The van der Waals surface area contributed by atoms with Crippen LogP contribution in [-0.2, 0) is 0 Å². The lowest BCUT2D eigenvalue weighted by molar-refractivity contribution is 0.347. The fourth-order valence-corrected chi connectivity index (χ4v) is 2.63. The third-order valence-corrected chi connectivity index (χ3v) is 3.87. The maximum Gasteiger partial charge on any atom is 0.197 e. The van der Waals surface area contributed by atoms with Crippen molar-refractivity contribution in [2.45, 2.75) is 0 Å². The van der Waals surface area contributed by atoms with E-state index in [4.69, 9.17) is 18.6 Å². The molecule has 0 aliphatic heterocycles. The van der Waals surface area contributed by atoms with Crippen molar-refractivity contribution in [3.8, 4) is 28.6 Å². The van der Waals surface area contributed by atoms with E-state index in [0.717, 1.165) is 11.3 Å². The fraction of sp³-hybridized carbons (Fsp3) is 0.136. The van der Waals surface area contributed by atoms with Crippen LogP contribution < -0.4 is 19.6 Å². The first kappa shape index (κ1) is 18.3. The molecule has 5 heteroatoms. The lowest BCUT2D eigenvalue weighted by Gasteiger charge is -2.11. The molecule has 5 nitrogen and oxygen atoms in total. The van der Waals surface area contributed by atoms with Crippen molar-refractivity contribution in [1.29, 1.82) is 0 Å². The second-order valence-electron chi connectivity index (χ2n) is 5.70. The van der Waals surface area contributed by atoms with Crippen LogP contribution in [0.3, 0.4) is 0 Å². The molecular weight excluding hydrogens is 344 g/mol. The van der Waals surface area contributed by atoms with Crippen molar-refractivity contribution in [3.05, 3.63) is 78.0 Å². The molecule has 3 rings (SSSR count). The van der Waals surface area contributed by atoms with Crippen LogP contribution in [0.25, 0.3) is 22.3 Å². The zero-order valence-corrected chi connectivity index (χ0v) is 15.1. The summed E-state index contributed by atoms with van der Waals surface area (Å²) in [5.41, 5.74) is 0.950. The molecule has 0 spiro atoms. The van der Waals surface area contributed by atoms with Gasteiger partial charge < -0.3 is 18.6 Å². The average molecular weight is 364 g/mol. The predicted octanol–water partition coefficient (Wildman–Crippen LogP) is 4.60. The zero-order valence-electron chi connectivity index (χ0n) is 15.1. The quantitative estimate of drug-likeness (QED) is 0.547. The van der Waals surface area contributed by atoms with Crippen LogP contribution in [0.4, 0.5) is 0 Å². The summed E-state index contributed by atoms with van der Waals surface area (Å²) in [4.78, 5) is 12.8. The molecule has 0 aliphatic carbocycles. The lowest BCUT2D eigenvalue weighted by Crippen LogP contribution is -2.05. The summed E-state index contributed by atoms with van der Waals surface area (Å²) in [5.74, 6) is 2.09. The molecular formula is C22H20O5. The molecule has 0 N–H and O–H groups in total. The highest BCUT2D eigenvalue weighted by Crippen LogP contribution is 2.32. The molecule has 0 amide bonds. The second-order valence-corrected chi connectivity index (χ2v) is 5.70. The third-order valence-electron chi connectivity index (χ3n) is 3.87. The molecule has 3 aromatic rings. The number of methoxy groups -OCH3 is 1. The van der Waals surface area contributed by atoms with Crippen LogP contribution in [0.2, 0.25) is 0 Å². The summed E-state index contributed by atoms with van der Waals surface area (Å²) in [6.07, 6.45) is 3.24. The molecule has 0 aliphatic rings. The zero-order chi connectivity index (χ0) is 19.2. The van der Waals surface area contributed by atoms with Gasteiger partial charge in [-0.1, -0.05) is 25.3 Å². The summed E-state index contributed by atoms with van der Waals surface area (Å²) in [6, 6.07) is 12.1. The summed E-state index contributed by atoms with van der Waals surface area (Å²) in [5, 5.41) is 0.361. The van der Waals surface area contributed by atoms with E-state index in [1.54, 1.807) is 31.4 Å². The lowest BCUT2D eigenvalue weighted by atomic mass is 10.1. The van der Waals surface area contributed by atoms with E-state index < -0.39 is 0 Å². The van der Waals surface area contributed by atoms with E-state index in [2.05, 4.69) is 13.2 Å². The number of benzene rings is 2. The minimum Gasteiger partial charge on any atom is -0.497 e. The van der Waals surface area contributed by atoms with E-state index >= 15 is 0 Å². The molecule has 138 valence electrons. The Hall–Kier alpha value is -3.47. The highest BCUT2D eigenvalue weighted by molar-refractivity contribution is 5.86. The Bertz CT molecular complexity index is 1020. The number of hydrogen-bond donors (Lipinski definition) is 0. The SMILES string of the molecule is C=CCOc1cc(OCC=C)c2c(=O)cc(-c3ccc(OC)cc3)oc2c1. The van der Waals surface area contributed by atoms with Gasteiger partial charge in [0.1, 0.15) is 47.2 Å². The van der Waals surface area contributed by atoms with Gasteiger partial charge in [0.05, 0.1) is 7.11 Å². The maximum absolute atomic E-state index is 12.8. The molecule has 27 heavy (non-hydrogen) atoms. The van der Waals surface area contributed by atoms with Crippen LogP contribution in [0, 0.1) is 0 Å². The van der Waals surface area contributed by atoms with E-state index in [-0.39, 0.29) is 12.0 Å². The normalized spacial score (nSPS) is 10.4. The molecule has 0 saturated heterocycles. The van der Waals surface area contributed by atoms with Crippen molar-refractivity contribution in [1.82, 2.24) is 0 Å². The van der Waals surface area contributed by atoms with Gasteiger partial charge >= 0.3 is 0 Å². The van der Waals surface area contributed by atoms with Crippen molar-refractivity contribution in [2.24, 2.45) is 0 Å². The Kier molecular flexibility index (Phi) is 5.61. The first-order valence-corrected chi connectivity index (χ1v) is 8.40. The topological polar surface area (TPSA) is 57.9 Å². The van der Waals surface area contributed by atoms with Gasteiger partial charge in [-0.25, -0.2) is 0 Å². The van der Waals surface area contributed by atoms with Crippen LogP contribution in [0.15, 0.2) is 77.0 Å². The van der Waals surface area contributed by atoms with Gasteiger partial charge in [0.15, 0.2) is 5.43 Å². The minimum atomic E-state index is -0.198. The monoisotopic (exact) mass is 364 g/mol. The average Bonchev–Trinajstić information content (AvgIpc) is 2.70. The standard InChI is InChI=1S/C22H20O5/c1-4-10-25-17-12-20(26-11-5-2)22-18(23)14-19(27-21(22)13-17)15-6-8-16(24-3)9-7-15/h4-9,12-14H,1-2,10-11H2,3H3. The van der Waals surface area contributed by atoms with Crippen molar-refractivity contribution < 1.29 is 18.6 Å². The highest BCUT2D eigenvalue weighted by atomic mass is 16.5. The molecule has 1 heterocycles. The molecule has 2 aromatic carbocycles. The van der Waals surface area contributed by atoms with Crippen molar-refractivity contribution in [2.75, 3.05) is 20.3 Å². The second kappa shape index (κ2) is 8.27. The molecule has 0 unspecified atom stereocenters. The number of hydrogen-bond acceptors (Lipinski definition) is 5. The third kappa shape index (κ3) is 4.03. The number of fused-ring (bicyclic) bond motifs is 1. The van der Waals surface area contributed by atoms with Gasteiger partial charge in [-0.05, 0) is 24.3 Å². The molecule has 0 fully saturated rings. The molecule has 0 saturated carbocycles. The van der Waals surface area contributed by atoms with E-state index in [0.29, 0.717) is 34.8 Å². The van der Waals surface area contributed by atoms with Crippen LogP contribution in [-0.4, -0.2) is 20.3 Å². The van der Waals surface area contributed by atoms with Gasteiger partial charge in [0.2, 0.25) is 0 Å². The smallest absolute Gasteiger partial charge is 0.197 e. The first-order chi connectivity index (χ1) is 13.2. The van der Waals surface area contributed by atoms with Gasteiger partial charge in [-0.3, -0.25) is 4.79 Å². The number of ether oxygens (including phenoxy) is 3. The van der Waals surface area contributed by atoms with Gasteiger partial charge in [0.25, 0.3) is 0 Å². The summed E-state index contributed by atoms with van der Waals surface area (Å²) >= 11 is 0. The number of rotatable bonds is 8. The van der Waals surface area contributed by atoms with Crippen LogP contribution in [0.5, 0.6) is 17.2 Å². The summed E-state index contributed by atoms with van der Waals surface area (Å²) in [7, 11) is 1.60. The Balaban J connectivity index is 2.14. The van der Waals surface area contributed by atoms with E-state index in [9.17, 15) is 4.79 Å². The van der Waals surface area contributed by atoms with Crippen molar-refractivity contribution in [3.63, 3.8) is 0 Å². The highest BCUT2D eigenvalue weighted by Gasteiger charge is 2.14. The Morgan fingerprint density at radius 2 is 1.67 bits per heavy atom. The minimum absolute atomic E-state index is 0.198. The van der Waals surface area contributed by atoms with Crippen LogP contribution >= 0.6 is 0 Å². The molecule has 0 radical (unpaired) electrons. The summed E-state index contributed by atoms with van der Waals surface area (Å²) < 4.78 is 22.4. The van der Waals surface area contributed by atoms with Gasteiger partial charge in [0, 0.05) is 23.8 Å². The fourth-order valence-electron chi connectivity index (χ4n) is 2.63. The van der Waals surface area contributed by atoms with Crippen LogP contribution in [0.1, 0.15) is 0 Å².